The largest absolute Gasteiger partial charge is 0.393 e. The third-order valence-electron chi connectivity index (χ3n) is 6.23. The van der Waals surface area contributed by atoms with Crippen molar-refractivity contribution in [2.24, 2.45) is 11.8 Å². The van der Waals surface area contributed by atoms with Crippen LogP contribution in [0.5, 0.6) is 0 Å². The van der Waals surface area contributed by atoms with Crippen molar-refractivity contribution in [3.05, 3.63) is 17.3 Å². The second-order valence-corrected chi connectivity index (χ2v) is 10.0. The summed E-state index contributed by atoms with van der Waals surface area (Å²) in [6, 6.07) is 2.61. The number of hydrogen-bond donors (Lipinski definition) is 2. The fraction of sp³-hybridized carbons (Fsp3) is 0.714. The quantitative estimate of drug-likeness (QED) is 0.710. The first-order valence-corrected chi connectivity index (χ1v) is 11.6. The molecule has 2 aliphatic rings. The van der Waals surface area contributed by atoms with Gasteiger partial charge in [0.05, 0.1) is 11.8 Å². The van der Waals surface area contributed by atoms with Gasteiger partial charge in [-0.1, -0.05) is 13.8 Å². The predicted octanol–water partition coefficient (Wildman–Crippen LogP) is 3.99. The van der Waals surface area contributed by atoms with E-state index in [2.05, 4.69) is 39.3 Å². The van der Waals surface area contributed by atoms with Crippen LogP contribution >= 0.6 is 11.3 Å². The van der Waals surface area contributed by atoms with E-state index < -0.39 is 12.6 Å². The molecule has 0 saturated carbocycles. The van der Waals surface area contributed by atoms with Crippen molar-refractivity contribution in [3.8, 4) is 0 Å². The molecule has 5 nitrogen and oxygen atoms in total. The second kappa shape index (κ2) is 8.96. The van der Waals surface area contributed by atoms with Crippen LogP contribution in [-0.4, -0.2) is 54.4 Å². The number of anilines is 1. The Bertz CT molecular complexity index is 849. The molecule has 2 saturated heterocycles. The maximum Gasteiger partial charge on any atom is 0.393 e. The van der Waals surface area contributed by atoms with Crippen molar-refractivity contribution in [3.63, 3.8) is 0 Å². The van der Waals surface area contributed by atoms with E-state index in [1.807, 2.05) is 0 Å². The molecule has 0 amide bonds. The zero-order valence-electron chi connectivity index (χ0n) is 17.5. The maximum absolute atomic E-state index is 12.8. The van der Waals surface area contributed by atoms with E-state index in [1.54, 1.807) is 6.07 Å². The Kier molecular flexibility index (Phi) is 6.50. The Morgan fingerprint density at radius 1 is 1.23 bits per heavy atom. The number of fused-ring (bicyclic) bond motifs is 1. The van der Waals surface area contributed by atoms with Gasteiger partial charge < -0.3 is 15.5 Å². The van der Waals surface area contributed by atoms with Gasteiger partial charge in [-0.25, -0.2) is 9.97 Å². The van der Waals surface area contributed by atoms with Gasteiger partial charge in [0, 0.05) is 43.1 Å². The third-order valence-corrected chi connectivity index (χ3v) is 7.27. The highest BCUT2D eigenvalue weighted by Crippen LogP contribution is 2.34. The molecule has 2 aromatic rings. The minimum Gasteiger partial charge on any atom is -0.356 e. The van der Waals surface area contributed by atoms with E-state index in [9.17, 15) is 13.2 Å². The number of nitrogens with one attached hydrogen (secondary N) is 2. The molecule has 0 aromatic carbocycles. The summed E-state index contributed by atoms with van der Waals surface area (Å²) >= 11 is 1.12. The van der Waals surface area contributed by atoms with Crippen LogP contribution in [0.2, 0.25) is 0 Å². The first-order chi connectivity index (χ1) is 14.3. The van der Waals surface area contributed by atoms with E-state index in [0.29, 0.717) is 33.6 Å². The molecule has 166 valence electrons. The van der Waals surface area contributed by atoms with Gasteiger partial charge in [0.2, 0.25) is 0 Å². The van der Waals surface area contributed by atoms with E-state index in [0.717, 1.165) is 68.0 Å². The zero-order chi connectivity index (χ0) is 21.3. The second-order valence-electron chi connectivity index (χ2n) is 8.89. The van der Waals surface area contributed by atoms with E-state index in [-0.39, 0.29) is 0 Å². The molecule has 0 radical (unpaired) electrons. The Morgan fingerprint density at radius 2 is 2.03 bits per heavy atom. The van der Waals surface area contributed by atoms with Crippen LogP contribution < -0.4 is 15.5 Å². The highest BCUT2D eigenvalue weighted by molar-refractivity contribution is 7.18. The Labute approximate surface area is 179 Å². The molecule has 0 spiro atoms. The molecule has 0 bridgehead atoms. The molecule has 2 fully saturated rings. The van der Waals surface area contributed by atoms with Crippen molar-refractivity contribution >= 4 is 27.4 Å². The molecule has 2 atom stereocenters. The molecule has 2 aromatic heterocycles. The van der Waals surface area contributed by atoms with Crippen LogP contribution in [0.1, 0.15) is 38.0 Å². The van der Waals surface area contributed by atoms with Gasteiger partial charge in [0.25, 0.3) is 0 Å². The van der Waals surface area contributed by atoms with Gasteiger partial charge in [-0.2, -0.15) is 13.2 Å². The van der Waals surface area contributed by atoms with Gasteiger partial charge in [-0.15, -0.1) is 11.3 Å². The Balaban J connectivity index is 1.45. The van der Waals surface area contributed by atoms with E-state index in [1.165, 1.54) is 6.33 Å². The summed E-state index contributed by atoms with van der Waals surface area (Å²) in [7, 11) is 0. The number of thiophene rings is 1. The van der Waals surface area contributed by atoms with Crippen molar-refractivity contribution in [2.75, 3.05) is 31.1 Å². The first-order valence-electron chi connectivity index (χ1n) is 10.8. The van der Waals surface area contributed by atoms with Crippen LogP contribution in [0.3, 0.4) is 0 Å². The molecule has 4 rings (SSSR count). The third kappa shape index (κ3) is 5.06. The van der Waals surface area contributed by atoms with Gasteiger partial charge in [-0.05, 0) is 37.2 Å². The average Bonchev–Trinajstić information content (AvgIpc) is 2.87. The number of rotatable bonds is 6. The number of hydrogen-bond acceptors (Lipinski definition) is 6. The molecule has 9 heteroatoms. The lowest BCUT2D eigenvalue weighted by Crippen LogP contribution is -2.57. The van der Waals surface area contributed by atoms with Crippen molar-refractivity contribution < 1.29 is 13.2 Å². The number of nitrogens with zero attached hydrogens (tertiary/aromatic N) is 3. The summed E-state index contributed by atoms with van der Waals surface area (Å²) in [5, 5.41) is 8.03. The standard InChI is InChI=1S/C21H30F3N5S/c1-13(2)18(14-10-25-11-14)28-15-4-3-6-29(7-5-15)19-17-8-16(9-21(22,23)24)30-20(17)27-12-26-19/h8,12-15,18,25,28H,3-7,9-11H2,1-2H3/t15?,18-/m0/s1. The van der Waals surface area contributed by atoms with Crippen LogP contribution in [0, 0.1) is 11.8 Å². The smallest absolute Gasteiger partial charge is 0.356 e. The minimum absolute atomic E-state index is 0.294. The molecule has 30 heavy (non-hydrogen) atoms. The summed E-state index contributed by atoms with van der Waals surface area (Å²) in [6.07, 6.45) is -0.489. The molecule has 1 unspecified atom stereocenters. The maximum atomic E-state index is 12.8. The van der Waals surface area contributed by atoms with Crippen molar-refractivity contribution in [1.82, 2.24) is 20.6 Å². The van der Waals surface area contributed by atoms with Gasteiger partial charge in [0.1, 0.15) is 17.0 Å². The Hall–Kier alpha value is -1.45. The Morgan fingerprint density at radius 3 is 2.70 bits per heavy atom. The average molecular weight is 442 g/mol. The normalized spacial score (nSPS) is 22.3. The lowest BCUT2D eigenvalue weighted by Gasteiger charge is -2.39. The molecule has 4 heterocycles. The summed E-state index contributed by atoms with van der Waals surface area (Å²) < 4.78 is 38.5. The van der Waals surface area contributed by atoms with Crippen molar-refractivity contribution in [2.45, 2.75) is 57.8 Å². The summed E-state index contributed by atoms with van der Waals surface area (Å²) in [5.74, 6) is 2.06. The van der Waals surface area contributed by atoms with Gasteiger partial charge in [0.15, 0.2) is 0 Å². The molecule has 0 aliphatic carbocycles. The molecular weight excluding hydrogens is 411 g/mol. The number of aromatic nitrogens is 2. The topological polar surface area (TPSA) is 53.1 Å². The van der Waals surface area contributed by atoms with E-state index in [4.69, 9.17) is 0 Å². The first kappa shape index (κ1) is 21.8. The summed E-state index contributed by atoms with van der Waals surface area (Å²) in [5.41, 5.74) is 0. The minimum atomic E-state index is -4.21. The van der Waals surface area contributed by atoms with Crippen LogP contribution in [0.15, 0.2) is 12.4 Å². The molecular formula is C21H30F3N5S. The lowest BCUT2D eigenvalue weighted by molar-refractivity contribution is -0.126. The molecule has 2 aliphatic heterocycles. The van der Waals surface area contributed by atoms with E-state index >= 15 is 0 Å². The lowest BCUT2D eigenvalue weighted by atomic mass is 9.85. The van der Waals surface area contributed by atoms with Crippen LogP contribution in [0.4, 0.5) is 19.0 Å². The fourth-order valence-electron chi connectivity index (χ4n) is 4.61. The number of halogens is 3. The van der Waals surface area contributed by atoms with Gasteiger partial charge >= 0.3 is 6.18 Å². The fourth-order valence-corrected chi connectivity index (χ4v) is 5.64. The summed E-state index contributed by atoms with van der Waals surface area (Å²) in [6.45, 7) is 8.46. The SMILES string of the molecule is CC(C)[C@H](NC1CCCN(c2ncnc3sc(CC(F)(F)F)cc23)CC1)C1CNC1. The van der Waals surface area contributed by atoms with Crippen LogP contribution in [-0.2, 0) is 6.42 Å². The molecule has 2 N–H and O–H groups in total. The predicted molar refractivity (Wildman–Crippen MR) is 115 cm³/mol. The summed E-state index contributed by atoms with van der Waals surface area (Å²) in [4.78, 5) is 11.8. The van der Waals surface area contributed by atoms with Crippen molar-refractivity contribution in [1.29, 1.82) is 0 Å². The van der Waals surface area contributed by atoms with Gasteiger partial charge in [-0.3, -0.25) is 0 Å². The monoisotopic (exact) mass is 441 g/mol. The zero-order valence-corrected chi connectivity index (χ0v) is 18.3. The highest BCUT2D eigenvalue weighted by atomic mass is 32.1. The number of alkyl halides is 3. The highest BCUT2D eigenvalue weighted by Gasteiger charge is 2.32. The van der Waals surface area contributed by atoms with Crippen LogP contribution in [0.25, 0.3) is 10.2 Å².